The number of anilines is 1. The van der Waals surface area contributed by atoms with Crippen LogP contribution < -0.4 is 10.1 Å². The quantitative estimate of drug-likeness (QED) is 0.329. The minimum absolute atomic E-state index is 0.0350. The molecule has 1 aromatic carbocycles. The Kier molecular flexibility index (Phi) is 5.91. The molecule has 0 spiro atoms. The number of ether oxygens (including phenoxy) is 2. The average molecular weight is 344 g/mol. The van der Waals surface area contributed by atoms with Gasteiger partial charge in [-0.2, -0.15) is 0 Å². The minimum atomic E-state index is -1.57. The first kappa shape index (κ1) is 18.4. The van der Waals surface area contributed by atoms with Crippen LogP contribution in [-0.4, -0.2) is 69.2 Å². The number of benzene rings is 1. The van der Waals surface area contributed by atoms with E-state index in [1.807, 2.05) is 0 Å². The lowest BCUT2D eigenvalue weighted by atomic mass is 9.98. The summed E-state index contributed by atoms with van der Waals surface area (Å²) in [5.74, 6) is 0.309. The second-order valence-corrected chi connectivity index (χ2v) is 5.26. The Morgan fingerprint density at radius 2 is 2.00 bits per heavy atom. The molecule has 10 heteroatoms. The summed E-state index contributed by atoms with van der Waals surface area (Å²) in [5, 5.41) is 52.4. The molecule has 0 amide bonds. The van der Waals surface area contributed by atoms with E-state index in [1.165, 1.54) is 18.2 Å². The number of nitro benzene ring substituents is 1. The number of rotatable bonds is 6. The van der Waals surface area contributed by atoms with Crippen molar-refractivity contribution in [3.63, 3.8) is 0 Å². The Morgan fingerprint density at radius 1 is 1.29 bits per heavy atom. The van der Waals surface area contributed by atoms with Crippen LogP contribution in [-0.2, 0) is 4.74 Å². The van der Waals surface area contributed by atoms with Crippen molar-refractivity contribution in [2.75, 3.05) is 18.5 Å². The standard InChI is InChI=1S/C14H20N2O8/c1-2-23-7-3-4-8(9(5-7)16(21)22)15-14-13(20)12(19)11(18)10(6-17)24-14/h3-5,10-15,17-20H,2,6H2,1H3/t10-,11+,12+,13+,14-/m0/s1. The summed E-state index contributed by atoms with van der Waals surface area (Å²) in [6.45, 7) is 1.50. The molecule has 5 atom stereocenters. The second kappa shape index (κ2) is 7.73. The summed E-state index contributed by atoms with van der Waals surface area (Å²) in [7, 11) is 0. The van der Waals surface area contributed by atoms with Crippen molar-refractivity contribution in [2.24, 2.45) is 0 Å². The Balaban J connectivity index is 2.24. The smallest absolute Gasteiger partial charge is 0.296 e. The predicted octanol–water partition coefficient (Wildman–Crippen LogP) is -0.795. The van der Waals surface area contributed by atoms with Gasteiger partial charge in [-0.25, -0.2) is 0 Å². The van der Waals surface area contributed by atoms with Crippen molar-refractivity contribution in [3.8, 4) is 5.75 Å². The lowest BCUT2D eigenvalue weighted by Gasteiger charge is -2.40. The Hall–Kier alpha value is -1.98. The molecule has 1 saturated heterocycles. The van der Waals surface area contributed by atoms with E-state index in [9.17, 15) is 25.4 Å². The fourth-order valence-electron chi connectivity index (χ4n) is 2.42. The minimum Gasteiger partial charge on any atom is -0.494 e. The van der Waals surface area contributed by atoms with Gasteiger partial charge in [0.1, 0.15) is 35.9 Å². The number of aliphatic hydroxyl groups excluding tert-OH is 4. The third-order valence-electron chi connectivity index (χ3n) is 3.67. The van der Waals surface area contributed by atoms with Crippen LogP contribution in [0.5, 0.6) is 5.75 Å². The maximum absolute atomic E-state index is 11.2. The second-order valence-electron chi connectivity index (χ2n) is 5.26. The van der Waals surface area contributed by atoms with Gasteiger partial charge < -0.3 is 35.2 Å². The summed E-state index contributed by atoms with van der Waals surface area (Å²) in [4.78, 5) is 10.6. The zero-order chi connectivity index (χ0) is 17.9. The molecule has 1 heterocycles. The molecule has 24 heavy (non-hydrogen) atoms. The molecule has 0 aliphatic carbocycles. The predicted molar refractivity (Wildman–Crippen MR) is 81.7 cm³/mol. The summed E-state index contributed by atoms with van der Waals surface area (Å²) in [6.07, 6.45) is -6.98. The van der Waals surface area contributed by atoms with Crippen LogP contribution in [0.25, 0.3) is 0 Å². The van der Waals surface area contributed by atoms with E-state index in [-0.39, 0.29) is 11.4 Å². The third-order valence-corrected chi connectivity index (χ3v) is 3.67. The van der Waals surface area contributed by atoms with Crippen LogP contribution in [0.15, 0.2) is 18.2 Å². The Labute approximate surface area is 137 Å². The van der Waals surface area contributed by atoms with Crippen LogP contribution in [0.3, 0.4) is 0 Å². The van der Waals surface area contributed by atoms with Crippen molar-refractivity contribution in [3.05, 3.63) is 28.3 Å². The van der Waals surface area contributed by atoms with Crippen molar-refractivity contribution in [2.45, 2.75) is 37.6 Å². The van der Waals surface area contributed by atoms with Gasteiger partial charge in [0, 0.05) is 0 Å². The van der Waals surface area contributed by atoms with E-state index in [1.54, 1.807) is 6.92 Å². The lowest BCUT2D eigenvalue weighted by molar-refractivity contribution is -0.384. The molecular weight excluding hydrogens is 324 g/mol. The molecule has 0 aromatic heterocycles. The highest BCUT2D eigenvalue weighted by molar-refractivity contribution is 5.64. The molecule has 134 valence electrons. The normalized spacial score (nSPS) is 30.0. The highest BCUT2D eigenvalue weighted by atomic mass is 16.6. The van der Waals surface area contributed by atoms with Gasteiger partial charge in [0.05, 0.1) is 24.2 Å². The van der Waals surface area contributed by atoms with Crippen molar-refractivity contribution >= 4 is 11.4 Å². The molecule has 1 fully saturated rings. The molecule has 0 unspecified atom stereocenters. The topological polar surface area (TPSA) is 155 Å². The van der Waals surface area contributed by atoms with Crippen LogP contribution in [0, 0.1) is 10.1 Å². The SMILES string of the molecule is CCOc1ccc(N[C@H]2O[C@@H](CO)[C@@H](O)[C@@H](O)[C@H]2O)c([N+](=O)[O-])c1. The Bertz CT molecular complexity index is 582. The van der Waals surface area contributed by atoms with Crippen LogP contribution in [0.1, 0.15) is 6.92 Å². The van der Waals surface area contributed by atoms with Gasteiger partial charge in [-0.3, -0.25) is 10.1 Å². The summed E-state index contributed by atoms with van der Waals surface area (Å²) >= 11 is 0. The molecule has 10 nitrogen and oxygen atoms in total. The first-order chi connectivity index (χ1) is 11.4. The van der Waals surface area contributed by atoms with Gasteiger partial charge in [0.25, 0.3) is 5.69 Å². The van der Waals surface area contributed by atoms with Crippen molar-refractivity contribution in [1.29, 1.82) is 0 Å². The molecule has 0 radical (unpaired) electrons. The van der Waals surface area contributed by atoms with Gasteiger partial charge in [0.2, 0.25) is 0 Å². The summed E-state index contributed by atoms with van der Waals surface area (Å²) in [6, 6.07) is 4.10. The summed E-state index contributed by atoms with van der Waals surface area (Å²) < 4.78 is 10.5. The number of nitrogens with zero attached hydrogens (tertiary/aromatic N) is 1. The highest BCUT2D eigenvalue weighted by Crippen LogP contribution is 2.31. The fraction of sp³-hybridized carbons (Fsp3) is 0.571. The Morgan fingerprint density at radius 3 is 2.58 bits per heavy atom. The van der Waals surface area contributed by atoms with E-state index >= 15 is 0 Å². The maximum atomic E-state index is 11.2. The van der Waals surface area contributed by atoms with E-state index in [4.69, 9.17) is 14.6 Å². The maximum Gasteiger partial charge on any atom is 0.296 e. The zero-order valence-electron chi connectivity index (χ0n) is 12.9. The zero-order valence-corrected chi connectivity index (χ0v) is 12.9. The van der Waals surface area contributed by atoms with Gasteiger partial charge in [-0.15, -0.1) is 0 Å². The number of nitrogens with one attached hydrogen (secondary N) is 1. The van der Waals surface area contributed by atoms with Crippen LogP contribution in [0.4, 0.5) is 11.4 Å². The fourth-order valence-corrected chi connectivity index (χ4v) is 2.42. The molecule has 5 N–H and O–H groups in total. The van der Waals surface area contributed by atoms with Gasteiger partial charge in [-0.05, 0) is 19.1 Å². The van der Waals surface area contributed by atoms with Gasteiger partial charge in [-0.1, -0.05) is 0 Å². The van der Waals surface area contributed by atoms with Gasteiger partial charge >= 0.3 is 0 Å². The molecular formula is C14H20N2O8. The van der Waals surface area contributed by atoms with E-state index in [0.717, 1.165) is 0 Å². The third kappa shape index (κ3) is 3.74. The van der Waals surface area contributed by atoms with E-state index < -0.39 is 42.2 Å². The largest absolute Gasteiger partial charge is 0.494 e. The van der Waals surface area contributed by atoms with E-state index in [2.05, 4.69) is 5.32 Å². The first-order valence-corrected chi connectivity index (χ1v) is 7.37. The highest BCUT2D eigenvalue weighted by Gasteiger charge is 2.43. The number of hydrogen-bond donors (Lipinski definition) is 5. The van der Waals surface area contributed by atoms with E-state index in [0.29, 0.717) is 12.4 Å². The van der Waals surface area contributed by atoms with Crippen LogP contribution in [0.2, 0.25) is 0 Å². The summed E-state index contributed by atoms with van der Waals surface area (Å²) in [5.41, 5.74) is -0.273. The number of nitro groups is 1. The van der Waals surface area contributed by atoms with Crippen molar-refractivity contribution in [1.82, 2.24) is 0 Å². The molecule has 1 aliphatic heterocycles. The van der Waals surface area contributed by atoms with Gasteiger partial charge in [0.15, 0.2) is 6.23 Å². The lowest BCUT2D eigenvalue weighted by Crippen LogP contribution is -2.60. The van der Waals surface area contributed by atoms with Crippen LogP contribution >= 0.6 is 0 Å². The number of aliphatic hydroxyl groups is 4. The molecule has 0 saturated carbocycles. The average Bonchev–Trinajstić information content (AvgIpc) is 2.56. The van der Waals surface area contributed by atoms with Crippen molar-refractivity contribution < 1.29 is 34.8 Å². The molecule has 2 rings (SSSR count). The molecule has 1 aromatic rings. The molecule has 1 aliphatic rings. The monoisotopic (exact) mass is 344 g/mol. The number of hydrogen-bond acceptors (Lipinski definition) is 9. The first-order valence-electron chi connectivity index (χ1n) is 7.37. The molecule has 0 bridgehead atoms.